The molecule has 0 saturated carbocycles. The second-order valence-electron chi connectivity index (χ2n) is 5.56. The van der Waals surface area contributed by atoms with Gasteiger partial charge in [-0.25, -0.2) is 9.97 Å². The molecule has 0 amide bonds. The Morgan fingerprint density at radius 2 is 2.00 bits per heavy atom. The van der Waals surface area contributed by atoms with Crippen molar-refractivity contribution in [2.24, 2.45) is 5.41 Å². The fourth-order valence-corrected chi connectivity index (χ4v) is 2.16. The maximum Gasteiger partial charge on any atom is 0.160 e. The van der Waals surface area contributed by atoms with Gasteiger partial charge in [0.1, 0.15) is 11.3 Å². The molecule has 98 valence electrons. The Labute approximate surface area is 113 Å². The minimum Gasteiger partial charge on any atom is -0.311 e. The van der Waals surface area contributed by atoms with E-state index in [-0.39, 0.29) is 5.41 Å². The molecule has 0 aliphatic heterocycles. The van der Waals surface area contributed by atoms with E-state index in [0.29, 0.717) is 5.88 Å². The first-order chi connectivity index (χ1) is 8.46. The number of pyridine rings is 1. The normalized spacial score (nSPS) is 12.3. The molecule has 18 heavy (non-hydrogen) atoms. The molecule has 0 aromatic carbocycles. The third kappa shape index (κ3) is 2.51. The summed E-state index contributed by atoms with van der Waals surface area (Å²) in [5, 5.41) is 0. The van der Waals surface area contributed by atoms with Gasteiger partial charge in [-0.3, -0.25) is 0 Å². The quantitative estimate of drug-likeness (QED) is 0.785. The van der Waals surface area contributed by atoms with Gasteiger partial charge in [0.25, 0.3) is 0 Å². The van der Waals surface area contributed by atoms with Crippen molar-refractivity contribution >= 4 is 22.8 Å². The average Bonchev–Trinajstić information content (AvgIpc) is 2.67. The minimum atomic E-state index is 0.222. The van der Waals surface area contributed by atoms with Crippen molar-refractivity contribution in [3.8, 4) is 0 Å². The lowest BCUT2D eigenvalue weighted by molar-refractivity contribution is 0.294. The summed E-state index contributed by atoms with van der Waals surface area (Å²) in [5.41, 5.74) is 3.12. The van der Waals surface area contributed by atoms with Crippen LogP contribution in [0, 0.1) is 12.3 Å². The van der Waals surface area contributed by atoms with Crippen LogP contribution in [-0.4, -0.2) is 14.5 Å². The van der Waals surface area contributed by atoms with E-state index in [1.165, 1.54) is 0 Å². The van der Waals surface area contributed by atoms with Crippen molar-refractivity contribution in [2.45, 2.75) is 46.5 Å². The Hall–Kier alpha value is -1.09. The highest BCUT2D eigenvalue weighted by Crippen LogP contribution is 2.26. The molecule has 0 bridgehead atoms. The lowest BCUT2D eigenvalue weighted by atomic mass is 9.90. The molecule has 4 heteroatoms. The van der Waals surface area contributed by atoms with Crippen molar-refractivity contribution in [3.63, 3.8) is 0 Å². The lowest BCUT2D eigenvalue weighted by Crippen LogP contribution is -2.20. The van der Waals surface area contributed by atoms with Crippen LogP contribution in [0.5, 0.6) is 0 Å². The zero-order chi connectivity index (χ0) is 13.3. The van der Waals surface area contributed by atoms with Crippen LogP contribution in [0.3, 0.4) is 0 Å². The average molecular weight is 266 g/mol. The monoisotopic (exact) mass is 265 g/mol. The van der Waals surface area contributed by atoms with Gasteiger partial charge >= 0.3 is 0 Å². The van der Waals surface area contributed by atoms with E-state index in [1.54, 1.807) is 0 Å². The highest BCUT2D eigenvalue weighted by molar-refractivity contribution is 6.16. The molecule has 2 aromatic rings. The second kappa shape index (κ2) is 4.88. The summed E-state index contributed by atoms with van der Waals surface area (Å²) >= 11 is 6.00. The van der Waals surface area contributed by atoms with Gasteiger partial charge in [0.05, 0.1) is 5.88 Å². The van der Waals surface area contributed by atoms with E-state index >= 15 is 0 Å². The summed E-state index contributed by atoms with van der Waals surface area (Å²) in [6.45, 7) is 9.62. The molecule has 2 rings (SSSR count). The summed E-state index contributed by atoms with van der Waals surface area (Å²) in [4.78, 5) is 9.16. The predicted molar refractivity (Wildman–Crippen MR) is 75.9 cm³/mol. The summed E-state index contributed by atoms with van der Waals surface area (Å²) in [7, 11) is 0. The molecule has 0 atom stereocenters. The van der Waals surface area contributed by atoms with Gasteiger partial charge in [-0.05, 0) is 30.9 Å². The minimum absolute atomic E-state index is 0.222. The molecule has 0 radical (unpaired) electrons. The van der Waals surface area contributed by atoms with Crippen molar-refractivity contribution < 1.29 is 0 Å². The summed E-state index contributed by atoms with van der Waals surface area (Å²) in [6, 6.07) is 4.01. The number of nitrogens with zero attached hydrogens (tertiary/aromatic N) is 3. The van der Waals surface area contributed by atoms with Gasteiger partial charge < -0.3 is 4.57 Å². The van der Waals surface area contributed by atoms with Crippen LogP contribution in [0.2, 0.25) is 0 Å². The first-order valence-corrected chi connectivity index (χ1v) is 6.89. The lowest BCUT2D eigenvalue weighted by Gasteiger charge is -2.24. The number of fused-ring (bicyclic) bond motifs is 1. The maximum absolute atomic E-state index is 6.00. The topological polar surface area (TPSA) is 30.7 Å². The first-order valence-electron chi connectivity index (χ1n) is 6.35. The van der Waals surface area contributed by atoms with Crippen molar-refractivity contribution in [3.05, 3.63) is 23.7 Å². The van der Waals surface area contributed by atoms with Crippen LogP contribution in [-0.2, 0) is 12.4 Å². The molecule has 0 fully saturated rings. The highest BCUT2D eigenvalue weighted by Gasteiger charge is 2.20. The zero-order valence-electron chi connectivity index (χ0n) is 11.5. The molecule has 3 nitrogen and oxygen atoms in total. The van der Waals surface area contributed by atoms with Crippen LogP contribution >= 0.6 is 11.6 Å². The summed E-state index contributed by atoms with van der Waals surface area (Å²) < 4.78 is 2.17. The molecule has 0 spiro atoms. The standard InChI is InChI=1S/C14H20ClN3/c1-5-14(3,4)9-18-12(8-15)17-11-7-6-10(2)16-13(11)18/h6-7H,5,8-9H2,1-4H3. The van der Waals surface area contributed by atoms with Gasteiger partial charge in [-0.2, -0.15) is 0 Å². The van der Waals surface area contributed by atoms with E-state index in [2.05, 4.69) is 35.3 Å². The number of aryl methyl sites for hydroxylation is 1. The summed E-state index contributed by atoms with van der Waals surface area (Å²) in [6.07, 6.45) is 1.11. The van der Waals surface area contributed by atoms with E-state index in [9.17, 15) is 0 Å². The number of imidazole rings is 1. The number of alkyl halides is 1. The van der Waals surface area contributed by atoms with Gasteiger partial charge in [0.15, 0.2) is 5.65 Å². The third-order valence-electron chi connectivity index (χ3n) is 3.47. The van der Waals surface area contributed by atoms with Crippen LogP contribution < -0.4 is 0 Å². The first kappa shape index (κ1) is 13.3. The molecule has 0 N–H and O–H groups in total. The number of hydrogen-bond donors (Lipinski definition) is 0. The Bertz CT molecular complexity index is 557. The fraction of sp³-hybridized carbons (Fsp3) is 0.571. The number of aromatic nitrogens is 3. The van der Waals surface area contributed by atoms with Crippen LogP contribution in [0.1, 0.15) is 38.7 Å². The van der Waals surface area contributed by atoms with Crippen LogP contribution in [0.15, 0.2) is 12.1 Å². The van der Waals surface area contributed by atoms with Crippen molar-refractivity contribution in [2.75, 3.05) is 0 Å². The smallest absolute Gasteiger partial charge is 0.160 e. The van der Waals surface area contributed by atoms with Crippen LogP contribution in [0.4, 0.5) is 0 Å². The number of hydrogen-bond acceptors (Lipinski definition) is 2. The summed E-state index contributed by atoms with van der Waals surface area (Å²) in [5.74, 6) is 1.33. The van der Waals surface area contributed by atoms with Crippen molar-refractivity contribution in [1.29, 1.82) is 0 Å². The highest BCUT2D eigenvalue weighted by atomic mass is 35.5. The predicted octanol–water partition coefficient (Wildman–Crippen LogP) is 3.91. The Kier molecular flexibility index (Phi) is 3.62. The second-order valence-corrected chi connectivity index (χ2v) is 5.83. The van der Waals surface area contributed by atoms with Gasteiger partial charge in [-0.1, -0.05) is 20.8 Å². The molecule has 0 aliphatic carbocycles. The van der Waals surface area contributed by atoms with E-state index in [0.717, 1.165) is 35.6 Å². The van der Waals surface area contributed by atoms with Gasteiger partial charge in [0.2, 0.25) is 0 Å². The number of rotatable bonds is 4. The zero-order valence-corrected chi connectivity index (χ0v) is 12.3. The van der Waals surface area contributed by atoms with E-state index in [4.69, 9.17) is 11.6 Å². The maximum atomic E-state index is 6.00. The Balaban J connectivity index is 2.55. The fourth-order valence-electron chi connectivity index (χ4n) is 1.95. The molecule has 0 aliphatic rings. The Morgan fingerprint density at radius 3 is 2.61 bits per heavy atom. The molecular formula is C14H20ClN3. The molecule has 0 unspecified atom stereocenters. The van der Waals surface area contributed by atoms with Gasteiger partial charge in [0, 0.05) is 12.2 Å². The largest absolute Gasteiger partial charge is 0.311 e. The third-order valence-corrected chi connectivity index (χ3v) is 3.71. The molecule has 0 saturated heterocycles. The van der Waals surface area contributed by atoms with E-state index in [1.807, 2.05) is 19.1 Å². The molecule has 2 aromatic heterocycles. The van der Waals surface area contributed by atoms with Crippen molar-refractivity contribution in [1.82, 2.24) is 14.5 Å². The number of halogens is 1. The molecular weight excluding hydrogens is 246 g/mol. The Morgan fingerprint density at radius 1 is 1.28 bits per heavy atom. The van der Waals surface area contributed by atoms with Crippen LogP contribution in [0.25, 0.3) is 11.2 Å². The molecule has 2 heterocycles. The SMILES string of the molecule is CCC(C)(C)Cn1c(CCl)nc2ccc(C)nc21. The van der Waals surface area contributed by atoms with Gasteiger partial charge in [-0.15, -0.1) is 11.6 Å². The van der Waals surface area contributed by atoms with E-state index < -0.39 is 0 Å².